The second-order valence-electron chi connectivity index (χ2n) is 5.63. The standard InChI is InChI=1S/C18H14FN5O/c19-12-3-1-11(2-4-12)18-22-15-6-5-13(9-16(15)23-18)21-17(25)10-14-7-8-20-24-14/h1-9H,10H2,(H,20,24)(H,21,25)(H,22,23). The highest BCUT2D eigenvalue weighted by Gasteiger charge is 2.09. The molecule has 1 amide bonds. The van der Waals surface area contributed by atoms with Crippen LogP contribution in [-0.4, -0.2) is 26.1 Å². The van der Waals surface area contributed by atoms with Gasteiger partial charge in [-0.1, -0.05) is 0 Å². The lowest BCUT2D eigenvalue weighted by Gasteiger charge is -2.04. The molecule has 0 bridgehead atoms. The van der Waals surface area contributed by atoms with Crippen LogP contribution in [0.15, 0.2) is 54.7 Å². The van der Waals surface area contributed by atoms with E-state index in [0.717, 1.165) is 22.3 Å². The fourth-order valence-electron chi connectivity index (χ4n) is 2.59. The highest BCUT2D eigenvalue weighted by atomic mass is 19.1. The number of fused-ring (bicyclic) bond motifs is 1. The maximum Gasteiger partial charge on any atom is 0.230 e. The Morgan fingerprint density at radius 3 is 2.72 bits per heavy atom. The van der Waals surface area contributed by atoms with Gasteiger partial charge < -0.3 is 10.3 Å². The second kappa shape index (κ2) is 6.20. The number of hydrogen-bond acceptors (Lipinski definition) is 3. The maximum atomic E-state index is 13.0. The number of halogens is 1. The Labute approximate surface area is 142 Å². The summed E-state index contributed by atoms with van der Waals surface area (Å²) in [6.45, 7) is 0. The van der Waals surface area contributed by atoms with E-state index in [-0.39, 0.29) is 18.1 Å². The van der Waals surface area contributed by atoms with Crippen molar-refractivity contribution in [3.63, 3.8) is 0 Å². The Hall–Kier alpha value is -3.48. The Bertz CT molecular complexity index is 1020. The summed E-state index contributed by atoms with van der Waals surface area (Å²) in [6.07, 6.45) is 1.83. The number of benzene rings is 2. The number of nitrogens with one attached hydrogen (secondary N) is 3. The first kappa shape index (κ1) is 15.1. The van der Waals surface area contributed by atoms with E-state index in [0.29, 0.717) is 11.5 Å². The molecule has 0 aliphatic heterocycles. The van der Waals surface area contributed by atoms with E-state index in [2.05, 4.69) is 25.5 Å². The van der Waals surface area contributed by atoms with Gasteiger partial charge in [0.1, 0.15) is 11.6 Å². The summed E-state index contributed by atoms with van der Waals surface area (Å²) in [5.41, 5.74) is 3.78. The molecule has 0 unspecified atom stereocenters. The van der Waals surface area contributed by atoms with Crippen molar-refractivity contribution < 1.29 is 9.18 Å². The van der Waals surface area contributed by atoms with Crippen LogP contribution in [0, 0.1) is 5.82 Å². The SMILES string of the molecule is O=C(Cc1ccn[nH]1)Nc1ccc2nc(-c3ccc(F)cc3)[nH]c2c1. The molecule has 4 aromatic rings. The predicted molar refractivity (Wildman–Crippen MR) is 92.4 cm³/mol. The summed E-state index contributed by atoms with van der Waals surface area (Å²) in [4.78, 5) is 19.7. The number of anilines is 1. The molecule has 6 nitrogen and oxygen atoms in total. The van der Waals surface area contributed by atoms with E-state index in [9.17, 15) is 9.18 Å². The first-order valence-electron chi connectivity index (χ1n) is 7.71. The summed E-state index contributed by atoms with van der Waals surface area (Å²) in [5.74, 6) is 0.222. The fraction of sp³-hybridized carbons (Fsp3) is 0.0556. The molecule has 3 N–H and O–H groups in total. The molecule has 2 aromatic carbocycles. The van der Waals surface area contributed by atoms with Gasteiger partial charge in [-0.25, -0.2) is 9.37 Å². The second-order valence-corrected chi connectivity index (χ2v) is 5.63. The zero-order chi connectivity index (χ0) is 17.2. The molecular formula is C18H14FN5O. The van der Waals surface area contributed by atoms with Gasteiger partial charge in [0.15, 0.2) is 0 Å². The van der Waals surface area contributed by atoms with Crippen molar-refractivity contribution in [2.24, 2.45) is 0 Å². The molecule has 0 saturated heterocycles. The van der Waals surface area contributed by atoms with E-state index >= 15 is 0 Å². The van der Waals surface area contributed by atoms with Crippen molar-refractivity contribution in [3.05, 3.63) is 66.2 Å². The Kier molecular flexibility index (Phi) is 3.74. The van der Waals surface area contributed by atoms with Crippen LogP contribution in [0.25, 0.3) is 22.4 Å². The molecule has 2 heterocycles. The molecule has 0 aliphatic carbocycles. The van der Waals surface area contributed by atoms with Gasteiger partial charge in [0.2, 0.25) is 5.91 Å². The topological polar surface area (TPSA) is 86.5 Å². The number of aromatic amines is 2. The third-order valence-electron chi connectivity index (χ3n) is 3.79. The zero-order valence-electron chi connectivity index (χ0n) is 13.1. The van der Waals surface area contributed by atoms with Crippen molar-refractivity contribution >= 4 is 22.6 Å². The van der Waals surface area contributed by atoms with E-state index in [1.54, 1.807) is 30.5 Å². The minimum Gasteiger partial charge on any atom is -0.338 e. The van der Waals surface area contributed by atoms with Crippen molar-refractivity contribution in [3.8, 4) is 11.4 Å². The normalized spacial score (nSPS) is 10.9. The summed E-state index contributed by atoms with van der Waals surface area (Å²) < 4.78 is 13.0. The van der Waals surface area contributed by atoms with Crippen LogP contribution < -0.4 is 5.32 Å². The van der Waals surface area contributed by atoms with Gasteiger partial charge in [0.25, 0.3) is 0 Å². The highest BCUT2D eigenvalue weighted by Crippen LogP contribution is 2.23. The van der Waals surface area contributed by atoms with Crippen LogP contribution in [0.4, 0.5) is 10.1 Å². The third-order valence-corrected chi connectivity index (χ3v) is 3.79. The smallest absolute Gasteiger partial charge is 0.230 e. The first-order valence-corrected chi connectivity index (χ1v) is 7.71. The van der Waals surface area contributed by atoms with E-state index < -0.39 is 0 Å². The molecular weight excluding hydrogens is 321 g/mol. The molecule has 4 rings (SSSR count). The number of imidazole rings is 1. The number of hydrogen-bond donors (Lipinski definition) is 3. The summed E-state index contributed by atoms with van der Waals surface area (Å²) in [5, 5.41) is 9.42. The van der Waals surface area contributed by atoms with E-state index in [1.165, 1.54) is 12.1 Å². The van der Waals surface area contributed by atoms with Crippen LogP contribution in [0.1, 0.15) is 5.69 Å². The summed E-state index contributed by atoms with van der Waals surface area (Å²) in [6, 6.07) is 13.3. The van der Waals surface area contributed by atoms with Crippen LogP contribution >= 0.6 is 0 Å². The van der Waals surface area contributed by atoms with E-state index in [1.807, 2.05) is 12.1 Å². The molecule has 0 radical (unpaired) electrons. The quantitative estimate of drug-likeness (QED) is 0.535. The number of amides is 1. The monoisotopic (exact) mass is 335 g/mol. The maximum absolute atomic E-state index is 13.0. The lowest BCUT2D eigenvalue weighted by Crippen LogP contribution is -2.14. The number of H-pyrrole nitrogens is 2. The Morgan fingerprint density at radius 2 is 1.96 bits per heavy atom. The average molecular weight is 335 g/mol. The lowest BCUT2D eigenvalue weighted by atomic mass is 10.2. The molecule has 0 atom stereocenters. The first-order chi connectivity index (χ1) is 12.2. The number of nitrogens with zero attached hydrogens (tertiary/aromatic N) is 2. The molecule has 0 saturated carbocycles. The van der Waals surface area contributed by atoms with Gasteiger partial charge in [-0.05, 0) is 48.5 Å². The Balaban J connectivity index is 1.55. The molecule has 0 fully saturated rings. The molecule has 2 aromatic heterocycles. The number of carbonyl (C=O) groups excluding carboxylic acids is 1. The number of aromatic nitrogens is 4. The van der Waals surface area contributed by atoms with Gasteiger partial charge in [-0.15, -0.1) is 0 Å². The molecule has 0 aliphatic rings. The van der Waals surface area contributed by atoms with Gasteiger partial charge >= 0.3 is 0 Å². The van der Waals surface area contributed by atoms with Crippen molar-refractivity contribution in [2.45, 2.75) is 6.42 Å². The number of rotatable bonds is 4. The van der Waals surface area contributed by atoms with Crippen LogP contribution in [-0.2, 0) is 11.2 Å². The Morgan fingerprint density at radius 1 is 1.12 bits per heavy atom. The minimum atomic E-state index is -0.290. The van der Waals surface area contributed by atoms with Crippen molar-refractivity contribution in [2.75, 3.05) is 5.32 Å². The highest BCUT2D eigenvalue weighted by molar-refractivity contribution is 5.94. The van der Waals surface area contributed by atoms with Crippen LogP contribution in [0.3, 0.4) is 0 Å². The third kappa shape index (κ3) is 3.25. The largest absolute Gasteiger partial charge is 0.338 e. The minimum absolute atomic E-state index is 0.137. The lowest BCUT2D eigenvalue weighted by molar-refractivity contribution is -0.115. The molecule has 25 heavy (non-hydrogen) atoms. The van der Waals surface area contributed by atoms with Gasteiger partial charge in [0, 0.05) is 23.1 Å². The zero-order valence-corrected chi connectivity index (χ0v) is 13.1. The van der Waals surface area contributed by atoms with Crippen LogP contribution in [0.5, 0.6) is 0 Å². The molecule has 7 heteroatoms. The molecule has 0 spiro atoms. The summed E-state index contributed by atoms with van der Waals surface area (Å²) in [7, 11) is 0. The summed E-state index contributed by atoms with van der Waals surface area (Å²) >= 11 is 0. The van der Waals surface area contributed by atoms with Crippen molar-refractivity contribution in [1.29, 1.82) is 0 Å². The molecule has 124 valence electrons. The fourth-order valence-corrected chi connectivity index (χ4v) is 2.59. The van der Waals surface area contributed by atoms with Crippen molar-refractivity contribution in [1.82, 2.24) is 20.2 Å². The van der Waals surface area contributed by atoms with Crippen LogP contribution in [0.2, 0.25) is 0 Å². The van der Waals surface area contributed by atoms with Gasteiger partial charge in [-0.3, -0.25) is 9.89 Å². The van der Waals surface area contributed by atoms with E-state index in [4.69, 9.17) is 0 Å². The number of carbonyl (C=O) groups is 1. The van der Waals surface area contributed by atoms with Gasteiger partial charge in [0.05, 0.1) is 17.5 Å². The van der Waals surface area contributed by atoms with Gasteiger partial charge in [-0.2, -0.15) is 5.10 Å². The average Bonchev–Trinajstić information content (AvgIpc) is 3.24. The predicted octanol–water partition coefficient (Wildman–Crippen LogP) is 3.27.